The molecule has 1 saturated carbocycles. The van der Waals surface area contributed by atoms with Gasteiger partial charge in [0, 0.05) is 10.9 Å². The van der Waals surface area contributed by atoms with Crippen molar-refractivity contribution in [3.05, 3.63) is 29.8 Å². The summed E-state index contributed by atoms with van der Waals surface area (Å²) in [6, 6.07) is 8.38. The van der Waals surface area contributed by atoms with Crippen LogP contribution >= 0.6 is 11.8 Å². The minimum absolute atomic E-state index is 0.137. The Balaban J connectivity index is 2.07. The van der Waals surface area contributed by atoms with Gasteiger partial charge in [0.1, 0.15) is 0 Å². The van der Waals surface area contributed by atoms with E-state index in [1.807, 2.05) is 12.1 Å². The van der Waals surface area contributed by atoms with E-state index in [2.05, 4.69) is 26.0 Å². The lowest BCUT2D eigenvalue weighted by Crippen LogP contribution is -2.55. The molecule has 20 heavy (non-hydrogen) atoms. The van der Waals surface area contributed by atoms with Crippen molar-refractivity contribution in [2.24, 2.45) is 11.1 Å². The Morgan fingerprint density at radius 1 is 1.25 bits per heavy atom. The van der Waals surface area contributed by atoms with Crippen molar-refractivity contribution in [2.75, 3.05) is 5.75 Å². The van der Waals surface area contributed by atoms with Gasteiger partial charge in [-0.3, -0.25) is 0 Å². The molecule has 112 valence electrons. The molecule has 0 aromatic heterocycles. The second-order valence-corrected chi connectivity index (χ2v) is 6.70. The van der Waals surface area contributed by atoms with E-state index >= 15 is 0 Å². The topological polar surface area (TPSA) is 26.0 Å². The first kappa shape index (κ1) is 15.8. The third kappa shape index (κ3) is 2.86. The van der Waals surface area contributed by atoms with Gasteiger partial charge in [-0.1, -0.05) is 26.0 Å². The maximum atomic E-state index is 12.2. The van der Waals surface area contributed by atoms with Gasteiger partial charge in [0.2, 0.25) is 6.43 Å². The van der Waals surface area contributed by atoms with Crippen molar-refractivity contribution in [2.45, 2.75) is 56.4 Å². The molecule has 2 unspecified atom stereocenters. The van der Waals surface area contributed by atoms with Gasteiger partial charge >= 0.3 is 0 Å². The fourth-order valence-electron chi connectivity index (χ4n) is 3.51. The number of rotatable bonds is 6. The summed E-state index contributed by atoms with van der Waals surface area (Å²) in [4.78, 5) is 0.913. The molecule has 1 aliphatic carbocycles. The molecule has 4 heteroatoms. The molecule has 1 nitrogen and oxygen atoms in total. The van der Waals surface area contributed by atoms with Crippen LogP contribution in [0.3, 0.4) is 0 Å². The number of benzene rings is 1. The van der Waals surface area contributed by atoms with Gasteiger partial charge < -0.3 is 5.73 Å². The van der Waals surface area contributed by atoms with Crippen molar-refractivity contribution in [1.82, 2.24) is 0 Å². The van der Waals surface area contributed by atoms with E-state index < -0.39 is 6.43 Å². The maximum absolute atomic E-state index is 12.2. The number of alkyl halides is 2. The summed E-state index contributed by atoms with van der Waals surface area (Å²) < 4.78 is 24.4. The number of halogens is 2. The Kier molecular flexibility index (Phi) is 5.08. The van der Waals surface area contributed by atoms with Crippen LogP contribution in [0.25, 0.3) is 0 Å². The Morgan fingerprint density at radius 2 is 1.85 bits per heavy atom. The number of thioether (sulfide) groups is 1. The monoisotopic (exact) mass is 299 g/mol. The minimum atomic E-state index is -2.25. The van der Waals surface area contributed by atoms with Crippen LogP contribution in [-0.2, 0) is 0 Å². The van der Waals surface area contributed by atoms with Gasteiger partial charge in [-0.15, -0.1) is 11.8 Å². The van der Waals surface area contributed by atoms with E-state index in [9.17, 15) is 8.78 Å². The average Bonchev–Trinajstić information content (AvgIpc) is 2.45. The van der Waals surface area contributed by atoms with Crippen LogP contribution in [0.1, 0.15) is 44.6 Å². The zero-order valence-corrected chi connectivity index (χ0v) is 12.9. The summed E-state index contributed by atoms with van der Waals surface area (Å²) in [5, 5.41) is 0. The van der Waals surface area contributed by atoms with Crippen LogP contribution in [0.5, 0.6) is 0 Å². The zero-order chi connectivity index (χ0) is 14.8. The van der Waals surface area contributed by atoms with E-state index in [1.165, 1.54) is 17.3 Å². The SMILES string of the molecule is CCC1(CC)C(N)CC1c1ccc(SCC(F)F)cc1. The lowest BCUT2D eigenvalue weighted by atomic mass is 9.52. The molecule has 0 spiro atoms. The molecule has 0 radical (unpaired) electrons. The van der Waals surface area contributed by atoms with E-state index in [-0.39, 0.29) is 17.2 Å². The Morgan fingerprint density at radius 3 is 2.30 bits per heavy atom. The molecule has 2 N–H and O–H groups in total. The van der Waals surface area contributed by atoms with Crippen LogP contribution in [0, 0.1) is 5.41 Å². The van der Waals surface area contributed by atoms with Gasteiger partial charge in [0.15, 0.2) is 0 Å². The Bertz CT molecular complexity index is 429. The van der Waals surface area contributed by atoms with Gasteiger partial charge in [-0.25, -0.2) is 8.78 Å². The predicted octanol–water partition coefficient (Wildman–Crippen LogP) is 4.66. The summed E-state index contributed by atoms with van der Waals surface area (Å²) in [7, 11) is 0. The van der Waals surface area contributed by atoms with Gasteiger partial charge in [-0.2, -0.15) is 0 Å². The maximum Gasteiger partial charge on any atom is 0.247 e. The zero-order valence-electron chi connectivity index (χ0n) is 12.1. The summed E-state index contributed by atoms with van der Waals surface area (Å²) in [6.45, 7) is 4.42. The smallest absolute Gasteiger partial charge is 0.247 e. The molecule has 1 aromatic rings. The third-order valence-corrected chi connectivity index (χ3v) is 5.92. The van der Waals surface area contributed by atoms with Crippen molar-refractivity contribution >= 4 is 11.8 Å². The van der Waals surface area contributed by atoms with Crippen LogP contribution in [-0.4, -0.2) is 18.2 Å². The molecule has 1 aliphatic rings. The second-order valence-electron chi connectivity index (χ2n) is 5.61. The summed E-state index contributed by atoms with van der Waals surface area (Å²) in [6.07, 6.45) is 0.969. The summed E-state index contributed by atoms with van der Waals surface area (Å²) >= 11 is 1.21. The summed E-state index contributed by atoms with van der Waals surface area (Å²) in [5.41, 5.74) is 7.75. The molecule has 2 atom stereocenters. The molecule has 0 saturated heterocycles. The van der Waals surface area contributed by atoms with E-state index in [4.69, 9.17) is 5.73 Å². The first-order valence-electron chi connectivity index (χ1n) is 7.30. The van der Waals surface area contributed by atoms with Crippen molar-refractivity contribution < 1.29 is 8.78 Å². The average molecular weight is 299 g/mol. The van der Waals surface area contributed by atoms with E-state index in [1.54, 1.807) is 0 Å². The first-order valence-corrected chi connectivity index (χ1v) is 8.28. The summed E-state index contributed by atoms with van der Waals surface area (Å²) in [5.74, 6) is 0.378. The standard InChI is InChI=1S/C16H23F2NS/c1-3-16(4-2)13(9-14(16)19)11-5-7-12(8-6-11)20-10-15(17)18/h5-8,13-15H,3-4,9-10,19H2,1-2H3. The highest BCUT2D eigenvalue weighted by atomic mass is 32.2. The third-order valence-electron chi connectivity index (χ3n) is 4.90. The molecule has 0 aliphatic heterocycles. The van der Waals surface area contributed by atoms with Crippen LogP contribution in [0.4, 0.5) is 8.78 Å². The fraction of sp³-hybridized carbons (Fsp3) is 0.625. The van der Waals surface area contributed by atoms with Gasteiger partial charge in [0.25, 0.3) is 0 Å². The lowest BCUT2D eigenvalue weighted by molar-refractivity contribution is 0.0438. The Hall–Kier alpha value is -0.610. The highest BCUT2D eigenvalue weighted by Crippen LogP contribution is 2.56. The molecular weight excluding hydrogens is 276 g/mol. The van der Waals surface area contributed by atoms with Crippen LogP contribution < -0.4 is 5.73 Å². The first-order chi connectivity index (χ1) is 9.53. The van der Waals surface area contributed by atoms with Crippen molar-refractivity contribution in [1.29, 1.82) is 0 Å². The molecule has 1 aromatic carbocycles. The predicted molar refractivity (Wildman–Crippen MR) is 81.5 cm³/mol. The van der Waals surface area contributed by atoms with Crippen molar-refractivity contribution in [3.8, 4) is 0 Å². The molecule has 2 rings (SSSR count). The fourth-order valence-corrected chi connectivity index (χ4v) is 4.16. The number of hydrogen-bond donors (Lipinski definition) is 1. The van der Waals surface area contributed by atoms with Gasteiger partial charge in [-0.05, 0) is 48.3 Å². The molecule has 1 fully saturated rings. The lowest BCUT2D eigenvalue weighted by Gasteiger charge is -2.55. The van der Waals surface area contributed by atoms with E-state index in [0.29, 0.717) is 5.92 Å². The van der Waals surface area contributed by atoms with Crippen molar-refractivity contribution in [3.63, 3.8) is 0 Å². The molecule has 0 bridgehead atoms. The Labute approximate surface area is 124 Å². The largest absolute Gasteiger partial charge is 0.327 e. The normalized spacial score (nSPS) is 24.7. The molecule has 0 amide bonds. The highest BCUT2D eigenvalue weighted by molar-refractivity contribution is 7.99. The molecular formula is C16H23F2NS. The number of hydrogen-bond acceptors (Lipinski definition) is 2. The quantitative estimate of drug-likeness (QED) is 0.773. The van der Waals surface area contributed by atoms with Crippen LogP contribution in [0.15, 0.2) is 29.2 Å². The van der Waals surface area contributed by atoms with E-state index in [0.717, 1.165) is 24.2 Å². The van der Waals surface area contributed by atoms with Crippen LogP contribution in [0.2, 0.25) is 0 Å². The van der Waals surface area contributed by atoms with Gasteiger partial charge in [0.05, 0.1) is 5.75 Å². The molecule has 0 heterocycles. The highest BCUT2D eigenvalue weighted by Gasteiger charge is 2.50. The second kappa shape index (κ2) is 6.44. The number of nitrogens with two attached hydrogens (primary N) is 1. The minimum Gasteiger partial charge on any atom is -0.327 e.